The van der Waals surface area contributed by atoms with E-state index in [0.717, 1.165) is 77.6 Å². The van der Waals surface area contributed by atoms with Gasteiger partial charge >= 0.3 is 0 Å². The largest absolute Gasteiger partial charge is 0.459 e. The second kappa shape index (κ2) is 7.33. The van der Waals surface area contributed by atoms with Crippen molar-refractivity contribution >= 4 is 66.2 Å². The van der Waals surface area contributed by atoms with Gasteiger partial charge in [0.2, 0.25) is 5.95 Å². The molecule has 10 heteroatoms. The topological polar surface area (TPSA) is 106 Å². The summed E-state index contributed by atoms with van der Waals surface area (Å²) in [7, 11) is 0. The summed E-state index contributed by atoms with van der Waals surface area (Å²) in [6.45, 7) is 0. The van der Waals surface area contributed by atoms with Crippen molar-refractivity contribution in [1.82, 2.24) is 28.7 Å². The molecule has 0 atom stereocenters. The fourth-order valence-electron chi connectivity index (χ4n) is 6.25. The molecular weight excluding hydrogens is 520 g/mol. The summed E-state index contributed by atoms with van der Waals surface area (Å²) >= 11 is 0. The van der Waals surface area contributed by atoms with Crippen molar-refractivity contribution in [2.24, 2.45) is 0 Å². The van der Waals surface area contributed by atoms with E-state index < -0.39 is 0 Å². The van der Waals surface area contributed by atoms with Crippen LogP contribution in [0.1, 0.15) is 0 Å². The van der Waals surface area contributed by atoms with Crippen LogP contribution in [-0.4, -0.2) is 28.7 Å². The van der Waals surface area contributed by atoms with Crippen LogP contribution in [0.4, 0.5) is 0 Å². The molecule has 2 aromatic carbocycles. The number of aromatic nitrogens is 6. The van der Waals surface area contributed by atoms with Crippen molar-refractivity contribution in [3.63, 3.8) is 0 Å². The molecule has 10 aromatic rings. The quantitative estimate of drug-likeness (QED) is 0.230. The molecule has 0 aliphatic heterocycles. The minimum absolute atomic E-state index is 0.526. The summed E-state index contributed by atoms with van der Waals surface area (Å²) in [6, 6.07) is 20.6. The Balaban J connectivity index is 1.30. The van der Waals surface area contributed by atoms with Crippen molar-refractivity contribution < 1.29 is 17.7 Å². The van der Waals surface area contributed by atoms with Crippen LogP contribution in [-0.2, 0) is 0 Å². The van der Waals surface area contributed by atoms with E-state index in [1.54, 1.807) is 25.1 Å². The zero-order chi connectivity index (χ0) is 26.7. The lowest BCUT2D eigenvalue weighted by molar-refractivity contribution is 0.583. The molecule has 0 unspecified atom stereocenters. The smallest absolute Gasteiger partial charge is 0.237 e. The molecule has 0 N–H and O–H groups in total. The molecule has 10 rings (SSSR count). The van der Waals surface area contributed by atoms with E-state index in [2.05, 4.69) is 65.1 Å². The van der Waals surface area contributed by atoms with Crippen LogP contribution in [0, 0.1) is 0 Å². The summed E-state index contributed by atoms with van der Waals surface area (Å²) in [5.74, 6) is 0.526. The van der Waals surface area contributed by atoms with E-state index in [4.69, 9.17) is 17.7 Å². The van der Waals surface area contributed by atoms with Crippen LogP contribution < -0.4 is 0 Å². The maximum Gasteiger partial charge on any atom is 0.237 e. The first-order chi connectivity index (χ1) is 20.3. The highest BCUT2D eigenvalue weighted by molar-refractivity contribution is 6.11. The van der Waals surface area contributed by atoms with E-state index in [-0.39, 0.29) is 0 Å². The molecule has 0 spiro atoms. The first kappa shape index (κ1) is 20.9. The van der Waals surface area contributed by atoms with Gasteiger partial charge in [-0.25, -0.2) is 15.0 Å². The summed E-state index contributed by atoms with van der Waals surface area (Å²) < 4.78 is 29.4. The van der Waals surface area contributed by atoms with Gasteiger partial charge in [-0.2, -0.15) is 0 Å². The Morgan fingerprint density at radius 3 is 1.27 bits per heavy atom. The van der Waals surface area contributed by atoms with Crippen LogP contribution in [0.3, 0.4) is 0 Å². The molecule has 0 aliphatic carbocycles. The number of fused-ring (bicyclic) bond motifs is 9. The van der Waals surface area contributed by atoms with E-state index in [1.807, 2.05) is 24.3 Å². The van der Waals surface area contributed by atoms with Gasteiger partial charge in [0.05, 0.1) is 58.2 Å². The molecular formula is C31H16N6O4. The zero-order valence-electron chi connectivity index (χ0n) is 21.1. The number of benzene rings is 2. The highest BCUT2D eigenvalue weighted by Gasteiger charge is 2.22. The van der Waals surface area contributed by atoms with Crippen LogP contribution in [0.5, 0.6) is 0 Å². The van der Waals surface area contributed by atoms with Crippen molar-refractivity contribution in [3.05, 3.63) is 98.4 Å². The van der Waals surface area contributed by atoms with Crippen LogP contribution in [0.25, 0.3) is 83.5 Å². The average Bonchev–Trinajstić information content (AvgIpc) is 3.83. The number of nitrogens with zero attached hydrogens (tertiary/aromatic N) is 6. The molecule has 194 valence electrons. The predicted octanol–water partition coefficient (Wildman–Crippen LogP) is 7.53. The van der Waals surface area contributed by atoms with Crippen LogP contribution in [0.15, 0.2) is 116 Å². The van der Waals surface area contributed by atoms with Crippen molar-refractivity contribution in [3.8, 4) is 17.3 Å². The number of rotatable bonds is 3. The highest BCUT2D eigenvalue weighted by atomic mass is 16.4. The first-order valence-corrected chi connectivity index (χ1v) is 13.0. The lowest BCUT2D eigenvalue weighted by Crippen LogP contribution is -2.02. The molecule has 0 saturated carbocycles. The molecule has 41 heavy (non-hydrogen) atoms. The third kappa shape index (κ3) is 2.58. The number of hydrogen-bond donors (Lipinski definition) is 0. The lowest BCUT2D eigenvalue weighted by Gasteiger charge is -2.09. The molecule has 0 aliphatic rings. The van der Waals surface area contributed by atoms with Gasteiger partial charge in [-0.15, -0.1) is 0 Å². The summed E-state index contributed by atoms with van der Waals surface area (Å²) in [5.41, 5.74) is 10.4. The van der Waals surface area contributed by atoms with E-state index >= 15 is 0 Å². The molecule has 0 bridgehead atoms. The normalized spacial score (nSPS) is 12.4. The number of hydrogen-bond acceptors (Lipinski definition) is 7. The first-order valence-electron chi connectivity index (χ1n) is 13.0. The van der Waals surface area contributed by atoms with Gasteiger partial charge < -0.3 is 26.8 Å². The Bertz CT molecular complexity index is 2350. The maximum absolute atomic E-state index is 5.76. The minimum atomic E-state index is 0.526. The minimum Gasteiger partial charge on any atom is -0.459 e. The van der Waals surface area contributed by atoms with Crippen LogP contribution in [0.2, 0.25) is 0 Å². The maximum atomic E-state index is 5.76. The van der Waals surface area contributed by atoms with E-state index in [9.17, 15) is 0 Å². The Labute approximate surface area is 228 Å². The summed E-state index contributed by atoms with van der Waals surface area (Å²) in [6.07, 6.45) is 9.75. The Hall–Kier alpha value is -6.03. The third-order valence-electron chi connectivity index (χ3n) is 7.88. The molecule has 8 aromatic heterocycles. The summed E-state index contributed by atoms with van der Waals surface area (Å²) in [4.78, 5) is 13.1. The lowest BCUT2D eigenvalue weighted by atomic mass is 10.1. The van der Waals surface area contributed by atoms with Crippen molar-refractivity contribution in [2.75, 3.05) is 0 Å². The molecule has 0 radical (unpaired) electrons. The van der Waals surface area contributed by atoms with Crippen molar-refractivity contribution in [2.45, 2.75) is 0 Å². The van der Waals surface area contributed by atoms with Gasteiger partial charge in [0, 0.05) is 46.4 Å². The van der Waals surface area contributed by atoms with Crippen LogP contribution >= 0.6 is 0 Å². The van der Waals surface area contributed by atoms with E-state index in [0.29, 0.717) is 5.95 Å². The van der Waals surface area contributed by atoms with E-state index in [1.165, 1.54) is 12.7 Å². The molecule has 0 amide bonds. The molecule has 0 saturated heterocycles. The average molecular weight is 537 g/mol. The second-order valence-corrected chi connectivity index (χ2v) is 9.89. The predicted molar refractivity (Wildman–Crippen MR) is 152 cm³/mol. The molecule has 8 heterocycles. The number of furan rings is 4. The Morgan fingerprint density at radius 2 is 0.854 bits per heavy atom. The molecule has 10 nitrogen and oxygen atoms in total. The fourth-order valence-corrected chi connectivity index (χ4v) is 6.25. The monoisotopic (exact) mass is 536 g/mol. The Morgan fingerprint density at radius 1 is 0.439 bits per heavy atom. The van der Waals surface area contributed by atoms with Gasteiger partial charge in [0.15, 0.2) is 22.3 Å². The Kier molecular flexibility index (Phi) is 3.73. The van der Waals surface area contributed by atoms with Crippen molar-refractivity contribution in [1.29, 1.82) is 0 Å². The van der Waals surface area contributed by atoms with Gasteiger partial charge in [-0.3, -0.25) is 4.57 Å². The van der Waals surface area contributed by atoms with Gasteiger partial charge in [-0.1, -0.05) is 12.1 Å². The summed E-state index contributed by atoms with van der Waals surface area (Å²) in [5, 5.41) is 2.15. The third-order valence-corrected chi connectivity index (χ3v) is 7.88. The standard InChI is InChI=1S/C31H16N6O4/c1-3-19-20-4-2-18(36-23-7-11-40-29(23)30-24(36)8-12-41-30)14-26(20)37(31-33-15-32-16-34-31)25(19)13-17(1)35-21-5-9-38-27(21)28-22(35)6-10-39-28/h1-16H. The van der Waals surface area contributed by atoms with Gasteiger partial charge in [-0.05, 0) is 24.3 Å². The second-order valence-electron chi connectivity index (χ2n) is 9.89. The SMILES string of the molecule is c1ncnc(-n2c3cc(-n4c5ccoc5c5occc54)ccc3c3ccc(-n4c5ccoc5c5occc54)cc32)n1. The zero-order valence-corrected chi connectivity index (χ0v) is 21.1. The highest BCUT2D eigenvalue weighted by Crippen LogP contribution is 2.39. The molecule has 0 fully saturated rings. The fraction of sp³-hybridized carbons (Fsp3) is 0. The van der Waals surface area contributed by atoms with Gasteiger partial charge in [0.1, 0.15) is 12.7 Å². The van der Waals surface area contributed by atoms with Gasteiger partial charge in [0.25, 0.3) is 0 Å².